The van der Waals surface area contributed by atoms with E-state index >= 15 is 0 Å². The van der Waals surface area contributed by atoms with Gasteiger partial charge >= 0.3 is 11.7 Å². The lowest BCUT2D eigenvalue weighted by atomic mass is 10.1. The highest BCUT2D eigenvalue weighted by molar-refractivity contribution is 6.01. The predicted molar refractivity (Wildman–Crippen MR) is 102 cm³/mol. The molecule has 2 rings (SSSR count). The molecule has 0 saturated heterocycles. The normalized spacial score (nSPS) is 11.2. The first kappa shape index (κ1) is 21.9. The molecule has 10 heteroatoms. The van der Waals surface area contributed by atoms with E-state index in [1.54, 1.807) is 6.92 Å². The number of anilines is 1. The summed E-state index contributed by atoms with van der Waals surface area (Å²) < 4.78 is 24.5. The third-order valence-corrected chi connectivity index (χ3v) is 3.98. The fourth-order valence-electron chi connectivity index (χ4n) is 2.52. The SMILES string of the molecule is CCCn1c(N)c(C(=O)COC(=O)C(C)(C)Oc2ccc(F)cc2)c(=O)[nH]c1=O. The molecule has 0 radical (unpaired) electrons. The van der Waals surface area contributed by atoms with Gasteiger partial charge < -0.3 is 15.2 Å². The molecule has 1 heterocycles. The van der Waals surface area contributed by atoms with E-state index in [1.807, 2.05) is 4.98 Å². The van der Waals surface area contributed by atoms with Gasteiger partial charge in [-0.25, -0.2) is 14.0 Å². The van der Waals surface area contributed by atoms with E-state index in [4.69, 9.17) is 15.2 Å². The van der Waals surface area contributed by atoms with Crippen LogP contribution < -0.4 is 21.7 Å². The number of benzene rings is 1. The number of carbonyl (C=O) groups excluding carboxylic acids is 2. The number of H-pyrrole nitrogens is 1. The molecule has 9 nitrogen and oxygen atoms in total. The summed E-state index contributed by atoms with van der Waals surface area (Å²) in [6, 6.07) is 5.01. The monoisotopic (exact) mass is 407 g/mol. The van der Waals surface area contributed by atoms with Gasteiger partial charge in [-0.3, -0.25) is 19.1 Å². The fraction of sp³-hybridized carbons (Fsp3) is 0.368. The first-order valence-corrected chi connectivity index (χ1v) is 8.84. The van der Waals surface area contributed by atoms with Gasteiger partial charge in [0.15, 0.2) is 12.2 Å². The van der Waals surface area contributed by atoms with Crippen LogP contribution in [0.2, 0.25) is 0 Å². The Kier molecular flexibility index (Phi) is 6.57. The van der Waals surface area contributed by atoms with E-state index in [1.165, 1.54) is 38.1 Å². The Bertz CT molecular complexity index is 1020. The lowest BCUT2D eigenvalue weighted by molar-refractivity contribution is -0.158. The topological polar surface area (TPSA) is 133 Å². The van der Waals surface area contributed by atoms with Crippen LogP contribution >= 0.6 is 0 Å². The largest absolute Gasteiger partial charge is 0.476 e. The third-order valence-electron chi connectivity index (χ3n) is 3.98. The quantitative estimate of drug-likeness (QED) is 0.497. The Morgan fingerprint density at radius 3 is 2.41 bits per heavy atom. The number of Topliss-reactive ketones (excluding diaryl/α,β-unsaturated/α-hetero) is 1. The van der Waals surface area contributed by atoms with Gasteiger partial charge in [-0.05, 0) is 44.5 Å². The Morgan fingerprint density at radius 2 is 1.83 bits per heavy atom. The molecule has 0 fully saturated rings. The number of carbonyl (C=O) groups is 2. The van der Waals surface area contributed by atoms with Crippen LogP contribution in [0, 0.1) is 5.82 Å². The van der Waals surface area contributed by atoms with E-state index in [-0.39, 0.29) is 18.1 Å². The number of nitrogen functional groups attached to an aromatic ring is 1. The van der Waals surface area contributed by atoms with E-state index in [0.717, 1.165) is 4.57 Å². The highest BCUT2D eigenvalue weighted by Gasteiger charge is 2.33. The van der Waals surface area contributed by atoms with Crippen LogP contribution in [-0.4, -0.2) is 33.5 Å². The summed E-state index contributed by atoms with van der Waals surface area (Å²) in [4.78, 5) is 50.6. The number of aromatic amines is 1. The van der Waals surface area contributed by atoms with Crippen molar-refractivity contribution in [3.8, 4) is 5.75 Å². The second-order valence-electron chi connectivity index (χ2n) is 6.74. The number of rotatable bonds is 8. The van der Waals surface area contributed by atoms with Gasteiger partial charge in [-0.15, -0.1) is 0 Å². The van der Waals surface area contributed by atoms with Gasteiger partial charge in [0.2, 0.25) is 5.78 Å². The molecule has 29 heavy (non-hydrogen) atoms. The van der Waals surface area contributed by atoms with Gasteiger partial charge in [0, 0.05) is 6.54 Å². The molecule has 0 saturated carbocycles. The zero-order valence-corrected chi connectivity index (χ0v) is 16.3. The zero-order valence-electron chi connectivity index (χ0n) is 16.3. The van der Waals surface area contributed by atoms with E-state index < -0.39 is 46.6 Å². The number of ether oxygens (including phenoxy) is 2. The Balaban J connectivity index is 2.13. The standard InChI is InChI=1S/C19H22FN3O6/c1-4-9-23-15(21)14(16(25)22-18(23)27)13(24)10-28-17(26)19(2,3)29-12-7-5-11(20)6-8-12/h5-8H,4,9-10,21H2,1-3H3,(H,22,25,27). The van der Waals surface area contributed by atoms with Crippen molar-refractivity contribution < 1.29 is 23.5 Å². The zero-order chi connectivity index (χ0) is 21.8. The minimum absolute atomic E-state index is 0.208. The van der Waals surface area contributed by atoms with Crippen LogP contribution in [0.5, 0.6) is 5.75 Å². The average Bonchev–Trinajstić information content (AvgIpc) is 2.64. The van der Waals surface area contributed by atoms with Crippen LogP contribution in [0.3, 0.4) is 0 Å². The maximum atomic E-state index is 13.0. The van der Waals surface area contributed by atoms with E-state index in [2.05, 4.69) is 0 Å². The number of halogens is 1. The number of nitrogens with two attached hydrogens (primary N) is 1. The molecule has 0 spiro atoms. The number of esters is 1. The van der Waals surface area contributed by atoms with Crippen molar-refractivity contribution in [2.45, 2.75) is 39.3 Å². The molecule has 1 aromatic heterocycles. The van der Waals surface area contributed by atoms with Crippen molar-refractivity contribution in [1.82, 2.24) is 9.55 Å². The summed E-state index contributed by atoms with van der Waals surface area (Å²) in [6.07, 6.45) is 0.549. The maximum Gasteiger partial charge on any atom is 0.350 e. The van der Waals surface area contributed by atoms with Crippen molar-refractivity contribution in [2.75, 3.05) is 12.3 Å². The van der Waals surface area contributed by atoms with Crippen LogP contribution in [-0.2, 0) is 16.1 Å². The lowest BCUT2D eigenvalue weighted by Crippen LogP contribution is -2.41. The number of aromatic nitrogens is 2. The summed E-state index contributed by atoms with van der Waals surface area (Å²) in [5, 5.41) is 0. The number of nitrogens with zero attached hydrogens (tertiary/aromatic N) is 1. The number of hydrogen-bond acceptors (Lipinski definition) is 7. The van der Waals surface area contributed by atoms with Gasteiger partial charge in [0.05, 0.1) is 0 Å². The predicted octanol–water partition coefficient (Wildman–Crippen LogP) is 1.25. The second kappa shape index (κ2) is 8.72. The molecule has 3 N–H and O–H groups in total. The van der Waals surface area contributed by atoms with Crippen molar-refractivity contribution >= 4 is 17.6 Å². The lowest BCUT2D eigenvalue weighted by Gasteiger charge is -2.24. The Labute approximate surface area is 165 Å². The third kappa shape index (κ3) is 5.09. The summed E-state index contributed by atoms with van der Waals surface area (Å²) in [7, 11) is 0. The Morgan fingerprint density at radius 1 is 1.21 bits per heavy atom. The number of ketones is 1. The molecule has 0 unspecified atom stereocenters. The molecule has 156 valence electrons. The minimum Gasteiger partial charge on any atom is -0.476 e. The highest BCUT2D eigenvalue weighted by Crippen LogP contribution is 2.20. The molecule has 0 atom stereocenters. The first-order chi connectivity index (χ1) is 13.6. The molecule has 2 aromatic rings. The number of hydrogen-bond donors (Lipinski definition) is 2. The molecule has 1 aromatic carbocycles. The van der Waals surface area contributed by atoms with Crippen molar-refractivity contribution in [2.24, 2.45) is 0 Å². The molecule has 0 aliphatic heterocycles. The van der Waals surface area contributed by atoms with E-state index in [0.29, 0.717) is 6.42 Å². The summed E-state index contributed by atoms with van der Waals surface area (Å²) in [5.74, 6) is -2.27. The molecular weight excluding hydrogens is 385 g/mol. The molecule has 0 amide bonds. The molecular formula is C19H22FN3O6. The van der Waals surface area contributed by atoms with Gasteiger partial charge in [0.1, 0.15) is 22.9 Å². The minimum atomic E-state index is -1.49. The summed E-state index contributed by atoms with van der Waals surface area (Å²) in [6.45, 7) is 4.05. The van der Waals surface area contributed by atoms with Crippen molar-refractivity contribution in [3.63, 3.8) is 0 Å². The first-order valence-electron chi connectivity index (χ1n) is 8.84. The van der Waals surface area contributed by atoms with Gasteiger partial charge in [0.25, 0.3) is 5.56 Å². The second-order valence-corrected chi connectivity index (χ2v) is 6.74. The van der Waals surface area contributed by atoms with Crippen LogP contribution in [0.25, 0.3) is 0 Å². The smallest absolute Gasteiger partial charge is 0.350 e. The van der Waals surface area contributed by atoms with Crippen LogP contribution in [0.1, 0.15) is 37.6 Å². The molecule has 0 aliphatic carbocycles. The summed E-state index contributed by atoms with van der Waals surface area (Å²) >= 11 is 0. The van der Waals surface area contributed by atoms with Gasteiger partial charge in [-0.1, -0.05) is 6.92 Å². The summed E-state index contributed by atoms with van der Waals surface area (Å²) in [5.41, 5.74) is 2.18. The van der Waals surface area contributed by atoms with Crippen LogP contribution in [0.15, 0.2) is 33.9 Å². The molecule has 0 aliphatic rings. The van der Waals surface area contributed by atoms with Crippen LogP contribution in [0.4, 0.5) is 10.2 Å². The fourth-order valence-corrected chi connectivity index (χ4v) is 2.52. The van der Waals surface area contributed by atoms with Gasteiger partial charge in [-0.2, -0.15) is 0 Å². The number of nitrogens with one attached hydrogen (secondary N) is 1. The maximum absolute atomic E-state index is 13.0. The van der Waals surface area contributed by atoms with E-state index in [9.17, 15) is 23.6 Å². The van der Waals surface area contributed by atoms with Crippen molar-refractivity contribution in [1.29, 1.82) is 0 Å². The average molecular weight is 407 g/mol. The highest BCUT2D eigenvalue weighted by atomic mass is 19.1. The van der Waals surface area contributed by atoms with Crippen molar-refractivity contribution in [3.05, 3.63) is 56.5 Å². The Hall–Kier alpha value is -3.43. The molecule has 0 bridgehead atoms.